The highest BCUT2D eigenvalue weighted by atomic mass is 16.7. The fraction of sp³-hybridized carbons (Fsp3) is 0.550. The zero-order valence-corrected chi connectivity index (χ0v) is 14.9. The minimum absolute atomic E-state index is 0.0235. The summed E-state index contributed by atoms with van der Waals surface area (Å²) in [6.45, 7) is 7.18. The molecule has 2 fully saturated rings. The van der Waals surface area contributed by atoms with Crippen molar-refractivity contribution in [3.8, 4) is 11.5 Å². The average molecular weight is 359 g/mol. The first-order chi connectivity index (χ1) is 12.7. The molecule has 1 aromatic rings. The van der Waals surface area contributed by atoms with Crippen LogP contribution in [0.2, 0.25) is 0 Å². The second-order valence-corrected chi connectivity index (χ2v) is 7.21. The van der Waals surface area contributed by atoms with Crippen molar-refractivity contribution >= 4 is 5.91 Å². The number of amides is 1. The van der Waals surface area contributed by atoms with Gasteiger partial charge in [-0.2, -0.15) is 0 Å². The van der Waals surface area contributed by atoms with Gasteiger partial charge in [-0.15, -0.1) is 6.58 Å². The maximum Gasteiger partial charge on any atom is 0.254 e. The van der Waals surface area contributed by atoms with E-state index in [1.54, 1.807) is 24.3 Å². The number of fused-ring (bicyclic) bond motifs is 2. The number of hydrogen-bond acceptors (Lipinski definition) is 5. The molecular weight excluding hydrogens is 334 g/mol. The Labute approximate surface area is 153 Å². The number of likely N-dealkylation sites (tertiary alicyclic amines) is 1. The Bertz CT molecular complexity index is 691. The lowest BCUT2D eigenvalue weighted by atomic mass is 9.73. The van der Waals surface area contributed by atoms with E-state index < -0.39 is 0 Å². The van der Waals surface area contributed by atoms with Crippen molar-refractivity contribution in [2.75, 3.05) is 39.7 Å². The largest absolute Gasteiger partial charge is 0.454 e. The molecule has 6 nitrogen and oxygen atoms in total. The van der Waals surface area contributed by atoms with Gasteiger partial charge in [-0.3, -0.25) is 4.79 Å². The molecule has 6 heteroatoms. The molecule has 3 aliphatic rings. The lowest BCUT2D eigenvalue weighted by Crippen LogP contribution is -2.58. The predicted molar refractivity (Wildman–Crippen MR) is 95.5 cm³/mol. The van der Waals surface area contributed by atoms with Crippen LogP contribution in [0.5, 0.6) is 11.5 Å². The summed E-state index contributed by atoms with van der Waals surface area (Å²) in [5.41, 5.74) is 0.498. The molecule has 26 heavy (non-hydrogen) atoms. The predicted octanol–water partition coefficient (Wildman–Crippen LogP) is 2.63. The maximum absolute atomic E-state index is 13.1. The van der Waals surface area contributed by atoms with Crippen molar-refractivity contribution in [2.24, 2.45) is 5.41 Å². The van der Waals surface area contributed by atoms with E-state index in [-0.39, 0.29) is 24.2 Å². The first-order valence-electron chi connectivity index (χ1n) is 9.21. The van der Waals surface area contributed by atoms with Crippen molar-refractivity contribution < 1.29 is 23.7 Å². The molecule has 0 radical (unpaired) electrons. The van der Waals surface area contributed by atoms with Gasteiger partial charge >= 0.3 is 0 Å². The Hall–Kier alpha value is -2.05. The van der Waals surface area contributed by atoms with Crippen molar-refractivity contribution in [1.29, 1.82) is 0 Å². The van der Waals surface area contributed by atoms with Crippen LogP contribution in [-0.4, -0.2) is 56.6 Å². The molecule has 2 atom stereocenters. The van der Waals surface area contributed by atoms with Gasteiger partial charge in [-0.25, -0.2) is 0 Å². The number of rotatable bonds is 5. The Morgan fingerprint density at radius 1 is 1.38 bits per heavy atom. The molecule has 3 aliphatic heterocycles. The highest BCUT2D eigenvalue weighted by Crippen LogP contribution is 2.41. The smallest absolute Gasteiger partial charge is 0.254 e. The minimum atomic E-state index is -0.133. The first-order valence-corrected chi connectivity index (χ1v) is 9.21. The molecule has 1 amide bonds. The van der Waals surface area contributed by atoms with Crippen LogP contribution in [0.25, 0.3) is 0 Å². The first kappa shape index (κ1) is 17.4. The van der Waals surface area contributed by atoms with Gasteiger partial charge in [0.05, 0.1) is 19.3 Å². The molecule has 4 rings (SSSR count). The fourth-order valence-corrected chi connectivity index (χ4v) is 4.23. The second kappa shape index (κ2) is 7.29. The summed E-state index contributed by atoms with van der Waals surface area (Å²) in [5.74, 6) is 1.35. The third kappa shape index (κ3) is 3.19. The number of piperidine rings is 1. The fourth-order valence-electron chi connectivity index (χ4n) is 4.23. The standard InChI is InChI=1S/C20H25NO5/c1-2-9-23-13-20-7-3-10-24-18(20)6-8-21(12-20)19(22)15-4-5-16-17(11-15)26-14-25-16/h2,4-5,11,18H,1,3,6-10,12-14H2/t18-,20+/m1/s1. The highest BCUT2D eigenvalue weighted by molar-refractivity contribution is 5.95. The minimum Gasteiger partial charge on any atom is -0.454 e. The van der Waals surface area contributed by atoms with E-state index in [1.165, 1.54) is 0 Å². The molecule has 0 unspecified atom stereocenters. The number of ether oxygens (including phenoxy) is 4. The summed E-state index contributed by atoms with van der Waals surface area (Å²) < 4.78 is 22.6. The summed E-state index contributed by atoms with van der Waals surface area (Å²) in [6.07, 6.45) is 4.77. The molecular formula is C20H25NO5. The monoisotopic (exact) mass is 359 g/mol. The molecule has 0 aliphatic carbocycles. The molecule has 3 heterocycles. The van der Waals surface area contributed by atoms with Crippen molar-refractivity contribution in [3.05, 3.63) is 36.4 Å². The number of benzene rings is 1. The van der Waals surface area contributed by atoms with Crippen LogP contribution in [0.1, 0.15) is 29.6 Å². The zero-order chi connectivity index (χ0) is 18.0. The van der Waals surface area contributed by atoms with Crippen LogP contribution in [0.15, 0.2) is 30.9 Å². The lowest BCUT2D eigenvalue weighted by Gasteiger charge is -2.50. The molecule has 0 bridgehead atoms. The van der Waals surface area contributed by atoms with Gasteiger partial charge in [0, 0.05) is 30.7 Å². The SMILES string of the molecule is C=CCOC[C@@]12CCCO[C@@H]1CCN(C(=O)c1ccc3c(c1)OCO3)C2. The lowest BCUT2D eigenvalue weighted by molar-refractivity contribution is -0.144. The highest BCUT2D eigenvalue weighted by Gasteiger charge is 2.47. The molecule has 0 saturated carbocycles. The van der Waals surface area contributed by atoms with E-state index in [0.29, 0.717) is 43.4 Å². The van der Waals surface area contributed by atoms with Crippen molar-refractivity contribution in [2.45, 2.75) is 25.4 Å². The van der Waals surface area contributed by atoms with Crippen LogP contribution in [0.4, 0.5) is 0 Å². The van der Waals surface area contributed by atoms with Crippen molar-refractivity contribution in [1.82, 2.24) is 4.90 Å². The van der Waals surface area contributed by atoms with E-state index >= 15 is 0 Å². The van der Waals surface area contributed by atoms with Gasteiger partial charge in [-0.1, -0.05) is 6.08 Å². The molecule has 1 aromatic carbocycles. The normalized spacial score (nSPS) is 27.1. The van der Waals surface area contributed by atoms with Gasteiger partial charge in [0.1, 0.15) is 0 Å². The Balaban J connectivity index is 1.51. The van der Waals surface area contributed by atoms with Crippen LogP contribution in [-0.2, 0) is 9.47 Å². The topological polar surface area (TPSA) is 57.2 Å². The quantitative estimate of drug-likeness (QED) is 0.598. The van der Waals surface area contributed by atoms with Crippen LogP contribution >= 0.6 is 0 Å². The number of nitrogens with zero attached hydrogens (tertiary/aromatic N) is 1. The van der Waals surface area contributed by atoms with Crippen LogP contribution in [0.3, 0.4) is 0 Å². The average Bonchev–Trinajstić information content (AvgIpc) is 3.15. The Kier molecular flexibility index (Phi) is 4.87. The van der Waals surface area contributed by atoms with Gasteiger partial charge in [0.25, 0.3) is 5.91 Å². The maximum atomic E-state index is 13.1. The third-order valence-electron chi connectivity index (χ3n) is 5.52. The summed E-state index contributed by atoms with van der Waals surface area (Å²) in [4.78, 5) is 15.0. The molecule has 140 valence electrons. The zero-order valence-electron chi connectivity index (χ0n) is 14.9. The van der Waals surface area contributed by atoms with E-state index in [1.807, 2.05) is 4.90 Å². The number of carbonyl (C=O) groups is 1. The van der Waals surface area contributed by atoms with E-state index in [2.05, 4.69) is 6.58 Å². The van der Waals surface area contributed by atoms with E-state index in [9.17, 15) is 4.79 Å². The van der Waals surface area contributed by atoms with Gasteiger partial charge < -0.3 is 23.8 Å². The second-order valence-electron chi connectivity index (χ2n) is 7.21. The molecule has 0 N–H and O–H groups in total. The van der Waals surface area contributed by atoms with Crippen molar-refractivity contribution in [3.63, 3.8) is 0 Å². The Morgan fingerprint density at radius 2 is 2.27 bits per heavy atom. The third-order valence-corrected chi connectivity index (χ3v) is 5.52. The van der Waals surface area contributed by atoms with Gasteiger partial charge in [-0.05, 0) is 37.5 Å². The van der Waals surface area contributed by atoms with E-state index in [4.69, 9.17) is 18.9 Å². The van der Waals surface area contributed by atoms with Crippen LogP contribution < -0.4 is 9.47 Å². The molecule has 2 saturated heterocycles. The summed E-state index contributed by atoms with van der Waals surface area (Å²) >= 11 is 0. The molecule has 0 aromatic heterocycles. The van der Waals surface area contributed by atoms with Gasteiger partial charge in [0.2, 0.25) is 6.79 Å². The van der Waals surface area contributed by atoms with E-state index in [0.717, 1.165) is 25.9 Å². The van der Waals surface area contributed by atoms with Crippen LogP contribution in [0, 0.1) is 5.41 Å². The van der Waals surface area contributed by atoms with Gasteiger partial charge in [0.15, 0.2) is 11.5 Å². The Morgan fingerprint density at radius 3 is 3.15 bits per heavy atom. The number of carbonyl (C=O) groups excluding carboxylic acids is 1. The summed E-state index contributed by atoms with van der Waals surface area (Å²) in [6, 6.07) is 5.38. The number of hydrogen-bond donors (Lipinski definition) is 0. The summed E-state index contributed by atoms with van der Waals surface area (Å²) in [5, 5.41) is 0. The molecule has 0 spiro atoms. The summed E-state index contributed by atoms with van der Waals surface area (Å²) in [7, 11) is 0.